The highest BCUT2D eigenvalue weighted by molar-refractivity contribution is 7.18. The van der Waals surface area contributed by atoms with Crippen molar-refractivity contribution in [1.29, 1.82) is 0 Å². The van der Waals surface area contributed by atoms with Crippen molar-refractivity contribution in [2.24, 2.45) is 0 Å². The fraction of sp³-hybridized carbons (Fsp3) is 0.500. The Hall–Kier alpha value is -1.69. The predicted octanol–water partition coefficient (Wildman–Crippen LogP) is 1.94. The Morgan fingerprint density at radius 2 is 2.25 bits per heavy atom. The van der Waals surface area contributed by atoms with E-state index in [4.69, 9.17) is 0 Å². The lowest BCUT2D eigenvalue weighted by atomic mass is 10.2. The zero-order valence-electron chi connectivity index (χ0n) is 12.0. The van der Waals surface area contributed by atoms with Gasteiger partial charge in [0, 0.05) is 10.9 Å². The summed E-state index contributed by atoms with van der Waals surface area (Å²) in [5.74, 6) is -0.159. The minimum absolute atomic E-state index is 0.0173. The molecule has 0 saturated heterocycles. The number of nitrogens with zero attached hydrogens (tertiary/aromatic N) is 2. The number of aromatic nitrogens is 2. The quantitative estimate of drug-likeness (QED) is 0.916. The monoisotopic (exact) mass is 293 g/mol. The van der Waals surface area contributed by atoms with Crippen molar-refractivity contribution in [3.63, 3.8) is 0 Å². The first-order valence-electron chi connectivity index (χ1n) is 6.82. The van der Waals surface area contributed by atoms with Gasteiger partial charge in [-0.15, -0.1) is 11.3 Å². The van der Waals surface area contributed by atoms with Crippen LogP contribution in [0.25, 0.3) is 10.2 Å². The van der Waals surface area contributed by atoms with Crippen molar-refractivity contribution in [3.8, 4) is 0 Å². The molecule has 6 heteroatoms. The first-order chi connectivity index (χ1) is 9.55. The van der Waals surface area contributed by atoms with Crippen molar-refractivity contribution in [3.05, 3.63) is 27.6 Å². The Balaban J connectivity index is 2.25. The molecule has 0 radical (unpaired) electrons. The third-order valence-electron chi connectivity index (χ3n) is 3.25. The SMILES string of the molecule is CCc1cc2c(=O)n(CC(=O)N[C@@H](C)CC)cnc2s1. The number of fused-ring (bicyclic) bond motifs is 1. The van der Waals surface area contributed by atoms with Gasteiger partial charge in [-0.05, 0) is 25.8 Å². The fourth-order valence-electron chi connectivity index (χ4n) is 1.87. The zero-order chi connectivity index (χ0) is 14.7. The lowest BCUT2D eigenvalue weighted by Crippen LogP contribution is -2.37. The number of carbonyl (C=O) groups excluding carboxylic acids is 1. The molecule has 1 atom stereocenters. The first-order valence-corrected chi connectivity index (χ1v) is 7.64. The van der Waals surface area contributed by atoms with Gasteiger partial charge in [0.25, 0.3) is 5.56 Å². The summed E-state index contributed by atoms with van der Waals surface area (Å²) in [6, 6.07) is 1.99. The summed E-state index contributed by atoms with van der Waals surface area (Å²) >= 11 is 1.53. The molecule has 20 heavy (non-hydrogen) atoms. The maximum absolute atomic E-state index is 12.3. The molecule has 0 aliphatic heterocycles. The maximum Gasteiger partial charge on any atom is 0.262 e. The van der Waals surface area contributed by atoms with Gasteiger partial charge < -0.3 is 5.32 Å². The Morgan fingerprint density at radius 3 is 2.90 bits per heavy atom. The van der Waals surface area contributed by atoms with Crippen molar-refractivity contribution in [2.75, 3.05) is 0 Å². The topological polar surface area (TPSA) is 64.0 Å². The minimum Gasteiger partial charge on any atom is -0.352 e. The predicted molar refractivity (Wildman–Crippen MR) is 81.2 cm³/mol. The lowest BCUT2D eigenvalue weighted by molar-refractivity contribution is -0.122. The lowest BCUT2D eigenvalue weighted by Gasteiger charge is -2.11. The van der Waals surface area contributed by atoms with Crippen LogP contribution >= 0.6 is 11.3 Å². The number of thiophene rings is 1. The molecule has 0 saturated carbocycles. The molecule has 2 heterocycles. The van der Waals surface area contributed by atoms with E-state index in [1.54, 1.807) is 0 Å². The van der Waals surface area contributed by atoms with E-state index in [-0.39, 0.29) is 24.1 Å². The summed E-state index contributed by atoms with van der Waals surface area (Å²) in [6.07, 6.45) is 3.20. The summed E-state index contributed by atoms with van der Waals surface area (Å²) in [5.41, 5.74) is -0.148. The van der Waals surface area contributed by atoms with Gasteiger partial charge in [0.05, 0.1) is 11.7 Å². The van der Waals surface area contributed by atoms with Crippen LogP contribution in [0.4, 0.5) is 0 Å². The highest BCUT2D eigenvalue weighted by Gasteiger charge is 2.11. The standard InChI is InChI=1S/C14H19N3O2S/c1-4-9(3)16-12(18)7-17-8-15-13-11(14(17)19)6-10(5-2)20-13/h6,8-9H,4-5,7H2,1-3H3,(H,16,18)/t9-/m0/s1. The molecule has 0 bridgehead atoms. The van der Waals surface area contributed by atoms with Crippen LogP contribution in [-0.2, 0) is 17.8 Å². The van der Waals surface area contributed by atoms with Gasteiger partial charge in [0.15, 0.2) is 0 Å². The van der Waals surface area contributed by atoms with E-state index in [0.717, 1.165) is 22.5 Å². The molecule has 2 aromatic rings. The highest BCUT2D eigenvalue weighted by Crippen LogP contribution is 2.20. The minimum atomic E-state index is -0.159. The van der Waals surface area contributed by atoms with Crippen LogP contribution in [0.15, 0.2) is 17.2 Å². The fourth-order valence-corrected chi connectivity index (χ4v) is 2.80. The molecule has 2 rings (SSSR count). The van der Waals surface area contributed by atoms with Gasteiger partial charge in [-0.3, -0.25) is 14.2 Å². The van der Waals surface area contributed by atoms with E-state index < -0.39 is 0 Å². The third kappa shape index (κ3) is 3.07. The number of nitrogens with one attached hydrogen (secondary N) is 1. The van der Waals surface area contributed by atoms with E-state index >= 15 is 0 Å². The molecule has 1 amide bonds. The number of carbonyl (C=O) groups is 1. The van der Waals surface area contributed by atoms with Crippen molar-refractivity contribution in [2.45, 2.75) is 46.2 Å². The molecule has 2 aromatic heterocycles. The summed E-state index contributed by atoms with van der Waals surface area (Å²) in [6.45, 7) is 6.00. The molecule has 5 nitrogen and oxygen atoms in total. The highest BCUT2D eigenvalue weighted by atomic mass is 32.1. The molecule has 0 aromatic carbocycles. The van der Waals surface area contributed by atoms with Gasteiger partial charge >= 0.3 is 0 Å². The second-order valence-corrected chi connectivity index (χ2v) is 5.95. The second-order valence-electron chi connectivity index (χ2n) is 4.84. The largest absolute Gasteiger partial charge is 0.352 e. The van der Waals surface area contributed by atoms with E-state index in [1.165, 1.54) is 22.2 Å². The van der Waals surface area contributed by atoms with Crippen LogP contribution in [0.3, 0.4) is 0 Å². The van der Waals surface area contributed by atoms with Crippen LogP contribution in [0.2, 0.25) is 0 Å². The maximum atomic E-state index is 12.3. The molecule has 0 aliphatic rings. The molecule has 1 N–H and O–H groups in total. The van der Waals surface area contributed by atoms with Crippen LogP contribution in [0.5, 0.6) is 0 Å². The molecule has 0 unspecified atom stereocenters. The summed E-state index contributed by atoms with van der Waals surface area (Å²) in [4.78, 5) is 30.3. The molecule has 108 valence electrons. The van der Waals surface area contributed by atoms with Crippen molar-refractivity contribution >= 4 is 27.5 Å². The van der Waals surface area contributed by atoms with E-state index in [1.807, 2.05) is 26.8 Å². The van der Waals surface area contributed by atoms with Crippen LogP contribution in [0, 0.1) is 0 Å². The van der Waals surface area contributed by atoms with Crippen LogP contribution < -0.4 is 10.9 Å². The van der Waals surface area contributed by atoms with Gasteiger partial charge in [-0.2, -0.15) is 0 Å². The zero-order valence-corrected chi connectivity index (χ0v) is 12.8. The molecular formula is C14H19N3O2S. The van der Waals surface area contributed by atoms with Gasteiger partial charge in [0.1, 0.15) is 11.4 Å². The number of aryl methyl sites for hydroxylation is 1. The second kappa shape index (κ2) is 6.17. The normalized spacial score (nSPS) is 12.6. The Bertz CT molecular complexity index is 675. The van der Waals surface area contributed by atoms with E-state index in [9.17, 15) is 9.59 Å². The Labute approximate surface area is 121 Å². The number of amides is 1. The van der Waals surface area contributed by atoms with E-state index in [0.29, 0.717) is 5.39 Å². The summed E-state index contributed by atoms with van der Waals surface area (Å²) < 4.78 is 1.37. The Morgan fingerprint density at radius 1 is 1.50 bits per heavy atom. The van der Waals surface area contributed by atoms with Crippen LogP contribution in [-0.4, -0.2) is 21.5 Å². The van der Waals surface area contributed by atoms with Crippen molar-refractivity contribution < 1.29 is 4.79 Å². The summed E-state index contributed by atoms with van der Waals surface area (Å²) in [5, 5.41) is 3.45. The van der Waals surface area contributed by atoms with Gasteiger partial charge in [-0.25, -0.2) is 4.98 Å². The first kappa shape index (κ1) is 14.7. The molecule has 0 spiro atoms. The van der Waals surface area contributed by atoms with Gasteiger partial charge in [0.2, 0.25) is 5.91 Å². The average Bonchev–Trinajstić information content (AvgIpc) is 2.86. The average molecular weight is 293 g/mol. The summed E-state index contributed by atoms with van der Waals surface area (Å²) in [7, 11) is 0. The Kier molecular flexibility index (Phi) is 4.54. The number of hydrogen-bond donors (Lipinski definition) is 1. The molecule has 0 aliphatic carbocycles. The third-order valence-corrected chi connectivity index (χ3v) is 4.44. The van der Waals surface area contributed by atoms with E-state index in [2.05, 4.69) is 10.3 Å². The number of hydrogen-bond acceptors (Lipinski definition) is 4. The smallest absolute Gasteiger partial charge is 0.262 e. The molecular weight excluding hydrogens is 274 g/mol. The molecule has 0 fully saturated rings. The van der Waals surface area contributed by atoms with Crippen molar-refractivity contribution in [1.82, 2.24) is 14.9 Å². The number of rotatable bonds is 5. The van der Waals surface area contributed by atoms with Crippen LogP contribution in [0.1, 0.15) is 32.1 Å². The van der Waals surface area contributed by atoms with Gasteiger partial charge in [-0.1, -0.05) is 13.8 Å².